The van der Waals surface area contributed by atoms with Crippen LogP contribution < -0.4 is 4.90 Å². The molecule has 0 heterocycles. The summed E-state index contributed by atoms with van der Waals surface area (Å²) in [6.07, 6.45) is 0. The summed E-state index contributed by atoms with van der Waals surface area (Å²) in [6, 6.07) is 13.1. The van der Waals surface area contributed by atoms with Crippen LogP contribution in [0.25, 0.3) is 0 Å². The molecule has 0 spiro atoms. The van der Waals surface area contributed by atoms with Crippen LogP contribution in [0.5, 0.6) is 0 Å². The quantitative estimate of drug-likeness (QED) is 0.525. The molecule has 3 heteroatoms. The SMILES string of the molecule is Cc1cc(Cl)c(Cl)c(N(c2ccc(C(C)(C)C)cc2)C(C)C(C)C)c1. The third-order valence-electron chi connectivity index (χ3n) is 4.80. The Morgan fingerprint density at radius 1 is 0.920 bits per heavy atom. The monoisotopic (exact) mass is 377 g/mol. The Bertz CT molecular complexity index is 727. The van der Waals surface area contributed by atoms with Crippen molar-refractivity contribution in [2.45, 2.75) is 59.9 Å². The van der Waals surface area contributed by atoms with Crippen molar-refractivity contribution in [2.24, 2.45) is 5.92 Å². The fraction of sp³-hybridized carbons (Fsp3) is 0.455. The van der Waals surface area contributed by atoms with Crippen LogP contribution in [0, 0.1) is 12.8 Å². The normalized spacial score (nSPS) is 13.2. The number of halogens is 2. The Hall–Kier alpha value is -1.18. The zero-order chi connectivity index (χ0) is 18.9. The molecule has 0 saturated carbocycles. The Morgan fingerprint density at radius 3 is 1.96 bits per heavy atom. The van der Waals surface area contributed by atoms with E-state index in [1.165, 1.54) is 5.56 Å². The molecule has 1 unspecified atom stereocenters. The first-order chi connectivity index (χ1) is 11.5. The highest BCUT2D eigenvalue weighted by Gasteiger charge is 2.24. The summed E-state index contributed by atoms with van der Waals surface area (Å²) in [7, 11) is 0. The summed E-state index contributed by atoms with van der Waals surface area (Å²) in [5, 5.41) is 1.21. The number of hydrogen-bond acceptors (Lipinski definition) is 1. The molecule has 1 nitrogen and oxygen atoms in total. The number of hydrogen-bond donors (Lipinski definition) is 0. The maximum Gasteiger partial charge on any atom is 0.0829 e. The summed E-state index contributed by atoms with van der Waals surface area (Å²) in [5.74, 6) is 0.470. The average molecular weight is 378 g/mol. The van der Waals surface area contributed by atoms with Crippen LogP contribution in [0.1, 0.15) is 52.7 Å². The number of rotatable bonds is 4. The zero-order valence-corrected chi connectivity index (χ0v) is 17.8. The van der Waals surface area contributed by atoms with Gasteiger partial charge < -0.3 is 4.90 Å². The maximum absolute atomic E-state index is 6.59. The third-order valence-corrected chi connectivity index (χ3v) is 5.59. The van der Waals surface area contributed by atoms with Crippen molar-refractivity contribution in [3.05, 3.63) is 57.6 Å². The van der Waals surface area contributed by atoms with Crippen molar-refractivity contribution in [1.82, 2.24) is 0 Å². The van der Waals surface area contributed by atoms with Gasteiger partial charge in [-0.05, 0) is 60.6 Å². The summed E-state index contributed by atoms with van der Waals surface area (Å²) >= 11 is 13.0. The molecule has 136 valence electrons. The standard InChI is InChI=1S/C22H29Cl2N/c1-14(2)16(4)25(20-13-15(3)12-19(23)21(20)24)18-10-8-17(9-11-18)22(5,6)7/h8-14,16H,1-7H3. The fourth-order valence-electron chi connectivity index (χ4n) is 2.90. The van der Waals surface area contributed by atoms with Gasteiger partial charge in [0.25, 0.3) is 0 Å². The van der Waals surface area contributed by atoms with E-state index < -0.39 is 0 Å². The minimum atomic E-state index is 0.136. The van der Waals surface area contributed by atoms with Gasteiger partial charge in [0.05, 0.1) is 15.7 Å². The second-order valence-corrected chi connectivity index (χ2v) is 9.02. The lowest BCUT2D eigenvalue weighted by Crippen LogP contribution is -2.33. The van der Waals surface area contributed by atoms with E-state index in [0.717, 1.165) is 16.9 Å². The van der Waals surface area contributed by atoms with Gasteiger partial charge in [-0.25, -0.2) is 0 Å². The lowest BCUT2D eigenvalue weighted by Gasteiger charge is -2.35. The molecule has 0 amide bonds. The molecular weight excluding hydrogens is 349 g/mol. The Morgan fingerprint density at radius 2 is 1.48 bits per heavy atom. The molecule has 0 saturated heterocycles. The summed E-state index contributed by atoms with van der Waals surface area (Å²) in [4.78, 5) is 2.30. The second kappa shape index (κ2) is 7.60. The Kier molecular flexibility index (Phi) is 6.12. The van der Waals surface area contributed by atoms with Gasteiger partial charge in [0.1, 0.15) is 0 Å². The van der Waals surface area contributed by atoms with Crippen molar-refractivity contribution < 1.29 is 0 Å². The molecule has 0 bridgehead atoms. The van der Waals surface area contributed by atoms with Crippen molar-refractivity contribution in [2.75, 3.05) is 4.90 Å². The summed E-state index contributed by atoms with van der Waals surface area (Å²) < 4.78 is 0. The maximum atomic E-state index is 6.59. The number of aryl methyl sites for hydroxylation is 1. The number of benzene rings is 2. The highest BCUT2D eigenvalue weighted by atomic mass is 35.5. The fourth-order valence-corrected chi connectivity index (χ4v) is 3.36. The molecule has 2 rings (SSSR count). The highest BCUT2D eigenvalue weighted by molar-refractivity contribution is 6.43. The van der Waals surface area contributed by atoms with Gasteiger partial charge in [-0.15, -0.1) is 0 Å². The first-order valence-corrected chi connectivity index (χ1v) is 9.63. The molecule has 0 aromatic heterocycles. The number of anilines is 2. The average Bonchev–Trinajstić information content (AvgIpc) is 2.51. The first kappa shape index (κ1) is 20.1. The molecule has 25 heavy (non-hydrogen) atoms. The predicted molar refractivity (Wildman–Crippen MR) is 113 cm³/mol. The van der Waals surface area contributed by atoms with Gasteiger partial charge >= 0.3 is 0 Å². The van der Waals surface area contributed by atoms with Crippen LogP contribution in [-0.2, 0) is 5.41 Å². The van der Waals surface area contributed by atoms with Crippen molar-refractivity contribution >= 4 is 34.6 Å². The molecule has 0 fully saturated rings. The van der Waals surface area contributed by atoms with E-state index in [-0.39, 0.29) is 11.5 Å². The minimum absolute atomic E-state index is 0.136. The molecular formula is C22H29Cl2N. The summed E-state index contributed by atoms with van der Waals surface area (Å²) in [6.45, 7) is 15.4. The highest BCUT2D eigenvalue weighted by Crippen LogP contribution is 2.40. The molecule has 1 atom stereocenters. The van der Waals surface area contributed by atoms with E-state index in [1.807, 2.05) is 13.0 Å². The number of nitrogens with zero attached hydrogens (tertiary/aromatic N) is 1. The lowest BCUT2D eigenvalue weighted by molar-refractivity contribution is 0.518. The first-order valence-electron chi connectivity index (χ1n) is 8.87. The molecule has 0 radical (unpaired) electrons. The smallest absolute Gasteiger partial charge is 0.0829 e. The van der Waals surface area contributed by atoms with Crippen LogP contribution >= 0.6 is 23.2 Å². The van der Waals surface area contributed by atoms with Crippen LogP contribution in [0.3, 0.4) is 0 Å². The zero-order valence-electron chi connectivity index (χ0n) is 16.3. The van der Waals surface area contributed by atoms with Gasteiger partial charge in [0, 0.05) is 11.7 Å². The molecule has 0 aliphatic rings. The Labute approximate surface area is 163 Å². The van der Waals surface area contributed by atoms with Crippen LogP contribution in [0.4, 0.5) is 11.4 Å². The topological polar surface area (TPSA) is 3.24 Å². The van der Waals surface area contributed by atoms with E-state index >= 15 is 0 Å². The van der Waals surface area contributed by atoms with Crippen LogP contribution in [-0.4, -0.2) is 6.04 Å². The second-order valence-electron chi connectivity index (χ2n) is 8.23. The Balaban J connectivity index is 2.59. The van der Waals surface area contributed by atoms with Gasteiger partial charge in [0.15, 0.2) is 0 Å². The van der Waals surface area contributed by atoms with Crippen molar-refractivity contribution in [3.63, 3.8) is 0 Å². The predicted octanol–water partition coefficient (Wildman–Crippen LogP) is 7.78. The molecule has 0 aliphatic carbocycles. The van der Waals surface area contributed by atoms with Gasteiger partial charge in [-0.3, -0.25) is 0 Å². The molecule has 2 aromatic carbocycles. The van der Waals surface area contributed by atoms with Gasteiger partial charge in [0.2, 0.25) is 0 Å². The van der Waals surface area contributed by atoms with Crippen LogP contribution in [0.15, 0.2) is 36.4 Å². The van der Waals surface area contributed by atoms with E-state index in [4.69, 9.17) is 23.2 Å². The van der Waals surface area contributed by atoms with E-state index in [9.17, 15) is 0 Å². The molecule has 0 aliphatic heterocycles. The lowest BCUT2D eigenvalue weighted by atomic mass is 9.87. The molecule has 0 N–H and O–H groups in total. The van der Waals surface area contributed by atoms with Crippen LogP contribution in [0.2, 0.25) is 10.0 Å². The molecule has 2 aromatic rings. The minimum Gasteiger partial charge on any atom is -0.337 e. The van der Waals surface area contributed by atoms with E-state index in [2.05, 4.69) is 76.8 Å². The van der Waals surface area contributed by atoms with Crippen molar-refractivity contribution in [1.29, 1.82) is 0 Å². The van der Waals surface area contributed by atoms with Gasteiger partial charge in [-0.2, -0.15) is 0 Å². The van der Waals surface area contributed by atoms with Gasteiger partial charge in [-0.1, -0.05) is 70.0 Å². The van der Waals surface area contributed by atoms with E-state index in [1.54, 1.807) is 0 Å². The summed E-state index contributed by atoms with van der Waals surface area (Å²) in [5.41, 5.74) is 4.67. The van der Waals surface area contributed by atoms with Crippen molar-refractivity contribution in [3.8, 4) is 0 Å². The third kappa shape index (κ3) is 4.51. The largest absolute Gasteiger partial charge is 0.337 e. The van der Waals surface area contributed by atoms with E-state index in [0.29, 0.717) is 16.0 Å².